The fourth-order valence-electron chi connectivity index (χ4n) is 2.00. The molecule has 0 fully saturated rings. The van der Waals surface area contributed by atoms with Crippen molar-refractivity contribution >= 4 is 17.2 Å². The molecule has 0 saturated heterocycles. The van der Waals surface area contributed by atoms with Gasteiger partial charge in [0.05, 0.1) is 11.3 Å². The van der Waals surface area contributed by atoms with Gasteiger partial charge in [-0.15, -0.1) is 11.3 Å². The van der Waals surface area contributed by atoms with Crippen LogP contribution >= 0.6 is 11.3 Å². The van der Waals surface area contributed by atoms with E-state index in [0.717, 1.165) is 12.1 Å². The highest BCUT2D eigenvalue weighted by Crippen LogP contribution is 2.33. The maximum atomic E-state index is 12.5. The zero-order chi connectivity index (χ0) is 14.3. The summed E-state index contributed by atoms with van der Waals surface area (Å²) in [5.41, 5.74) is 0.610. The molecule has 1 N–H and O–H groups in total. The molecule has 7 heteroatoms. The minimum atomic E-state index is -4.35. The Labute approximate surface area is 116 Å². The molecule has 20 heavy (non-hydrogen) atoms. The number of aromatic nitrogens is 1. The number of rotatable bonds is 1. The van der Waals surface area contributed by atoms with Crippen molar-refractivity contribution in [1.82, 2.24) is 10.3 Å². The summed E-state index contributed by atoms with van der Waals surface area (Å²) < 4.78 is 37.5. The summed E-state index contributed by atoms with van der Waals surface area (Å²) in [5, 5.41) is 3.28. The molecule has 0 saturated carbocycles. The van der Waals surface area contributed by atoms with Gasteiger partial charge in [-0.3, -0.25) is 4.79 Å². The summed E-state index contributed by atoms with van der Waals surface area (Å²) in [4.78, 5) is 16.5. The number of fused-ring (bicyclic) bond motifs is 1. The van der Waals surface area contributed by atoms with Crippen molar-refractivity contribution in [3.05, 3.63) is 40.4 Å². The third kappa shape index (κ3) is 2.29. The molecule has 0 bridgehead atoms. The van der Waals surface area contributed by atoms with Crippen LogP contribution in [0.15, 0.2) is 24.3 Å². The van der Waals surface area contributed by atoms with Gasteiger partial charge in [0.2, 0.25) is 0 Å². The molecule has 2 aromatic rings. The highest BCUT2D eigenvalue weighted by Gasteiger charge is 2.30. The van der Waals surface area contributed by atoms with E-state index in [2.05, 4.69) is 10.3 Å². The molecule has 0 atom stereocenters. The van der Waals surface area contributed by atoms with Crippen molar-refractivity contribution in [2.75, 3.05) is 6.54 Å². The molecule has 1 aromatic heterocycles. The fourth-order valence-corrected chi connectivity index (χ4v) is 3.03. The van der Waals surface area contributed by atoms with E-state index >= 15 is 0 Å². The molecule has 1 aromatic carbocycles. The molecule has 104 valence electrons. The predicted octanol–water partition coefficient (Wildman–Crippen LogP) is 3.11. The molecule has 1 aliphatic rings. The average molecular weight is 298 g/mol. The number of amides is 1. The zero-order valence-corrected chi connectivity index (χ0v) is 10.9. The summed E-state index contributed by atoms with van der Waals surface area (Å²) in [6.45, 7) is 0.544. The highest BCUT2D eigenvalue weighted by molar-refractivity contribution is 7.17. The van der Waals surface area contributed by atoms with Crippen molar-refractivity contribution in [3.8, 4) is 10.6 Å². The van der Waals surface area contributed by atoms with E-state index in [-0.39, 0.29) is 5.91 Å². The Kier molecular flexibility index (Phi) is 3.01. The number of hydrogen-bond acceptors (Lipinski definition) is 3. The van der Waals surface area contributed by atoms with Crippen LogP contribution in [-0.2, 0) is 12.6 Å². The summed E-state index contributed by atoms with van der Waals surface area (Å²) >= 11 is 1.21. The van der Waals surface area contributed by atoms with E-state index in [1.165, 1.54) is 23.5 Å². The van der Waals surface area contributed by atoms with Crippen LogP contribution in [0.3, 0.4) is 0 Å². The fraction of sp³-hybridized carbons (Fsp3) is 0.231. The molecule has 0 radical (unpaired) electrons. The maximum Gasteiger partial charge on any atom is 0.416 e. The van der Waals surface area contributed by atoms with Gasteiger partial charge in [-0.25, -0.2) is 4.98 Å². The average Bonchev–Trinajstić information content (AvgIpc) is 2.83. The first-order chi connectivity index (χ1) is 9.45. The normalized spacial score (nSPS) is 14.8. The molecule has 0 aliphatic carbocycles. The number of hydrogen-bond donors (Lipinski definition) is 1. The lowest BCUT2D eigenvalue weighted by Crippen LogP contribution is -2.30. The number of carbonyl (C=O) groups excluding carboxylic acids is 1. The van der Waals surface area contributed by atoms with Gasteiger partial charge in [0.25, 0.3) is 5.91 Å². The monoisotopic (exact) mass is 298 g/mol. The van der Waals surface area contributed by atoms with E-state index in [1.807, 2.05) is 0 Å². The minimum absolute atomic E-state index is 0.165. The standard InChI is InChI=1S/C13H9F3N2OS/c14-13(15,16)8-3-1-7(2-4-8)12-18-9-5-6-17-11(19)10(9)20-12/h1-4H,5-6H2,(H,17,19). The summed E-state index contributed by atoms with van der Waals surface area (Å²) in [7, 11) is 0. The molecule has 3 nitrogen and oxygen atoms in total. The quantitative estimate of drug-likeness (QED) is 0.879. The molecule has 3 rings (SSSR count). The van der Waals surface area contributed by atoms with E-state index in [4.69, 9.17) is 0 Å². The van der Waals surface area contributed by atoms with Crippen molar-refractivity contribution < 1.29 is 18.0 Å². The van der Waals surface area contributed by atoms with Crippen LogP contribution in [-0.4, -0.2) is 17.4 Å². The zero-order valence-electron chi connectivity index (χ0n) is 10.1. The first-order valence-corrected chi connectivity index (χ1v) is 6.72. The Bertz CT molecular complexity index is 661. The Hall–Kier alpha value is -1.89. The number of nitrogens with zero attached hydrogens (tertiary/aromatic N) is 1. The minimum Gasteiger partial charge on any atom is -0.351 e. The van der Waals surface area contributed by atoms with Gasteiger partial charge in [-0.2, -0.15) is 13.2 Å². The largest absolute Gasteiger partial charge is 0.416 e. The van der Waals surface area contributed by atoms with Crippen LogP contribution in [0.25, 0.3) is 10.6 Å². The van der Waals surface area contributed by atoms with Crippen LogP contribution in [0, 0.1) is 0 Å². The Morgan fingerprint density at radius 2 is 1.90 bits per heavy atom. The summed E-state index contributed by atoms with van der Waals surface area (Å²) in [6, 6.07) is 4.81. The van der Waals surface area contributed by atoms with E-state index in [9.17, 15) is 18.0 Å². The van der Waals surface area contributed by atoms with E-state index in [1.54, 1.807) is 0 Å². The van der Waals surface area contributed by atoms with Crippen LogP contribution in [0.5, 0.6) is 0 Å². The van der Waals surface area contributed by atoms with Gasteiger partial charge >= 0.3 is 6.18 Å². The molecule has 2 heterocycles. The molecule has 1 amide bonds. The van der Waals surface area contributed by atoms with Gasteiger partial charge in [0.15, 0.2) is 0 Å². The summed E-state index contributed by atoms with van der Waals surface area (Å²) in [6.07, 6.45) is -3.70. The number of nitrogens with one attached hydrogen (secondary N) is 1. The third-order valence-electron chi connectivity index (χ3n) is 3.01. The summed E-state index contributed by atoms with van der Waals surface area (Å²) in [5.74, 6) is -0.165. The second-order valence-corrected chi connectivity index (χ2v) is 5.37. The topological polar surface area (TPSA) is 42.0 Å². The number of thiazole rings is 1. The second-order valence-electron chi connectivity index (χ2n) is 4.38. The van der Waals surface area contributed by atoms with Gasteiger partial charge in [0.1, 0.15) is 9.88 Å². The Balaban J connectivity index is 1.96. The lowest BCUT2D eigenvalue weighted by atomic mass is 10.1. The Morgan fingerprint density at radius 1 is 1.20 bits per heavy atom. The third-order valence-corrected chi connectivity index (χ3v) is 4.16. The van der Waals surface area contributed by atoms with Gasteiger partial charge in [-0.05, 0) is 12.1 Å². The molecule has 0 spiro atoms. The Morgan fingerprint density at radius 3 is 2.50 bits per heavy atom. The highest BCUT2D eigenvalue weighted by atomic mass is 32.1. The van der Waals surface area contributed by atoms with Crippen LogP contribution < -0.4 is 5.32 Å². The SMILES string of the molecule is O=C1NCCc2nc(-c3ccc(C(F)(F)F)cc3)sc21. The van der Waals surface area contributed by atoms with Crippen molar-refractivity contribution in [3.63, 3.8) is 0 Å². The van der Waals surface area contributed by atoms with E-state index in [0.29, 0.717) is 34.1 Å². The second kappa shape index (κ2) is 4.59. The van der Waals surface area contributed by atoms with Crippen LogP contribution in [0.4, 0.5) is 13.2 Å². The van der Waals surface area contributed by atoms with Crippen LogP contribution in [0.2, 0.25) is 0 Å². The number of alkyl halides is 3. The van der Waals surface area contributed by atoms with E-state index < -0.39 is 11.7 Å². The molecular weight excluding hydrogens is 289 g/mol. The van der Waals surface area contributed by atoms with Crippen molar-refractivity contribution in [2.24, 2.45) is 0 Å². The molecule has 0 unspecified atom stereocenters. The number of carbonyl (C=O) groups is 1. The van der Waals surface area contributed by atoms with Crippen molar-refractivity contribution in [1.29, 1.82) is 0 Å². The first-order valence-electron chi connectivity index (χ1n) is 5.91. The number of benzene rings is 1. The predicted molar refractivity (Wildman–Crippen MR) is 68.6 cm³/mol. The van der Waals surface area contributed by atoms with Gasteiger partial charge in [-0.1, -0.05) is 12.1 Å². The molecule has 1 aliphatic heterocycles. The number of halogens is 3. The first kappa shape index (κ1) is 13.1. The lowest BCUT2D eigenvalue weighted by Gasteiger charge is -2.09. The lowest BCUT2D eigenvalue weighted by molar-refractivity contribution is -0.137. The van der Waals surface area contributed by atoms with Crippen LogP contribution in [0.1, 0.15) is 20.9 Å². The van der Waals surface area contributed by atoms with Gasteiger partial charge in [0, 0.05) is 18.5 Å². The maximum absolute atomic E-state index is 12.5. The van der Waals surface area contributed by atoms with Gasteiger partial charge < -0.3 is 5.32 Å². The molecular formula is C13H9F3N2OS. The smallest absolute Gasteiger partial charge is 0.351 e. The van der Waals surface area contributed by atoms with Crippen molar-refractivity contribution in [2.45, 2.75) is 12.6 Å².